The van der Waals surface area contributed by atoms with E-state index in [4.69, 9.17) is 14.2 Å². The van der Waals surface area contributed by atoms with Crippen molar-refractivity contribution in [3.63, 3.8) is 0 Å². The van der Waals surface area contributed by atoms with Crippen molar-refractivity contribution in [3.05, 3.63) is 29.8 Å². The lowest BCUT2D eigenvalue weighted by Gasteiger charge is -2.06. The fourth-order valence-corrected chi connectivity index (χ4v) is 2.12. The summed E-state index contributed by atoms with van der Waals surface area (Å²) in [6.07, 6.45) is 5.25. The second-order valence-corrected chi connectivity index (χ2v) is 5.64. The van der Waals surface area contributed by atoms with E-state index in [-0.39, 0.29) is 31.4 Å². The van der Waals surface area contributed by atoms with Crippen LogP contribution < -0.4 is 4.74 Å². The third kappa shape index (κ3) is 9.18. The number of benzene rings is 1. The molecule has 134 valence electrons. The fourth-order valence-electron chi connectivity index (χ4n) is 2.12. The normalized spacial score (nSPS) is 10.2. The molecule has 0 amide bonds. The first-order valence-corrected chi connectivity index (χ1v) is 8.60. The Balaban J connectivity index is 2.07. The van der Waals surface area contributed by atoms with Gasteiger partial charge in [0, 0.05) is 12.8 Å². The average Bonchev–Trinajstić information content (AvgIpc) is 2.60. The molecule has 0 spiro atoms. The second kappa shape index (κ2) is 12.4. The smallest absolute Gasteiger partial charge is 0.306 e. The summed E-state index contributed by atoms with van der Waals surface area (Å²) in [5.74, 6) is 0.217. The van der Waals surface area contributed by atoms with Crippen LogP contribution in [0.5, 0.6) is 5.75 Å². The van der Waals surface area contributed by atoms with Crippen LogP contribution in [0, 0.1) is 0 Å². The molecule has 0 aliphatic rings. The minimum Gasteiger partial charge on any atom is -0.497 e. The van der Waals surface area contributed by atoms with E-state index in [2.05, 4.69) is 6.92 Å². The van der Waals surface area contributed by atoms with Gasteiger partial charge in [0.15, 0.2) is 0 Å². The van der Waals surface area contributed by atoms with E-state index in [0.29, 0.717) is 13.0 Å². The van der Waals surface area contributed by atoms with Crippen LogP contribution in [0.15, 0.2) is 24.3 Å². The highest BCUT2D eigenvalue weighted by Crippen LogP contribution is 2.12. The minimum absolute atomic E-state index is 0.223. The van der Waals surface area contributed by atoms with E-state index < -0.39 is 0 Å². The maximum atomic E-state index is 11.7. The zero-order valence-corrected chi connectivity index (χ0v) is 14.7. The summed E-state index contributed by atoms with van der Waals surface area (Å²) in [6.45, 7) is 2.84. The van der Waals surface area contributed by atoms with Gasteiger partial charge in [-0.25, -0.2) is 0 Å². The standard InChI is InChI=1S/C19H28O5/c1-3-4-5-6-14-23-18(20)8-7-9-19(21)24-15-16-10-12-17(22-2)13-11-16/h10-13H,3-9,14-15H2,1-2H3. The van der Waals surface area contributed by atoms with Gasteiger partial charge in [-0.2, -0.15) is 0 Å². The molecule has 5 nitrogen and oxygen atoms in total. The lowest BCUT2D eigenvalue weighted by Crippen LogP contribution is -2.08. The van der Waals surface area contributed by atoms with Crippen LogP contribution in [0.4, 0.5) is 0 Å². The fraction of sp³-hybridized carbons (Fsp3) is 0.579. The van der Waals surface area contributed by atoms with Crippen LogP contribution in [-0.4, -0.2) is 25.7 Å². The Morgan fingerprint density at radius 1 is 0.875 bits per heavy atom. The van der Waals surface area contributed by atoms with Gasteiger partial charge in [0.05, 0.1) is 13.7 Å². The van der Waals surface area contributed by atoms with Gasteiger partial charge in [0.2, 0.25) is 0 Å². The van der Waals surface area contributed by atoms with Crippen LogP contribution >= 0.6 is 0 Å². The summed E-state index contributed by atoms with van der Waals surface area (Å²) in [5.41, 5.74) is 0.899. The van der Waals surface area contributed by atoms with Crippen molar-refractivity contribution in [1.29, 1.82) is 0 Å². The molecule has 0 unspecified atom stereocenters. The molecule has 1 rings (SSSR count). The number of esters is 2. The molecule has 0 radical (unpaired) electrons. The zero-order chi connectivity index (χ0) is 17.6. The Bertz CT molecular complexity index is 481. The maximum Gasteiger partial charge on any atom is 0.306 e. The summed E-state index contributed by atoms with van der Waals surface area (Å²) >= 11 is 0. The van der Waals surface area contributed by atoms with Gasteiger partial charge in [-0.3, -0.25) is 9.59 Å². The van der Waals surface area contributed by atoms with E-state index >= 15 is 0 Å². The molecule has 0 aromatic heterocycles. The lowest BCUT2D eigenvalue weighted by molar-refractivity contribution is -0.146. The van der Waals surface area contributed by atoms with Gasteiger partial charge < -0.3 is 14.2 Å². The Kier molecular flexibility index (Phi) is 10.3. The predicted molar refractivity (Wildman–Crippen MR) is 91.7 cm³/mol. The number of hydrogen-bond donors (Lipinski definition) is 0. The molecule has 0 heterocycles. The Morgan fingerprint density at radius 3 is 2.17 bits per heavy atom. The summed E-state index contributed by atoms with van der Waals surface area (Å²) in [6, 6.07) is 7.34. The Labute approximate surface area is 144 Å². The highest BCUT2D eigenvalue weighted by Gasteiger charge is 2.07. The SMILES string of the molecule is CCCCCCOC(=O)CCCC(=O)OCc1ccc(OC)cc1. The van der Waals surface area contributed by atoms with Gasteiger partial charge in [0.1, 0.15) is 12.4 Å². The molecule has 5 heteroatoms. The second-order valence-electron chi connectivity index (χ2n) is 5.64. The summed E-state index contributed by atoms with van der Waals surface area (Å²) < 4.78 is 15.4. The van der Waals surface area contributed by atoms with E-state index in [1.165, 1.54) is 0 Å². The molecule has 0 atom stereocenters. The van der Waals surface area contributed by atoms with Gasteiger partial charge in [-0.15, -0.1) is 0 Å². The van der Waals surface area contributed by atoms with Crippen molar-refractivity contribution >= 4 is 11.9 Å². The first kappa shape index (κ1) is 20.0. The van der Waals surface area contributed by atoms with E-state index in [1.807, 2.05) is 24.3 Å². The zero-order valence-electron chi connectivity index (χ0n) is 14.7. The number of unbranched alkanes of at least 4 members (excludes halogenated alkanes) is 3. The van der Waals surface area contributed by atoms with E-state index in [9.17, 15) is 9.59 Å². The monoisotopic (exact) mass is 336 g/mol. The quantitative estimate of drug-likeness (QED) is 0.426. The van der Waals surface area contributed by atoms with Crippen LogP contribution in [0.25, 0.3) is 0 Å². The van der Waals surface area contributed by atoms with E-state index in [0.717, 1.165) is 37.0 Å². The number of rotatable bonds is 12. The van der Waals surface area contributed by atoms with Crippen LogP contribution in [-0.2, 0) is 25.7 Å². The first-order valence-electron chi connectivity index (χ1n) is 8.60. The molecular formula is C19H28O5. The van der Waals surface area contributed by atoms with Crippen LogP contribution in [0.2, 0.25) is 0 Å². The van der Waals surface area contributed by atoms with Crippen molar-refractivity contribution in [3.8, 4) is 5.75 Å². The Morgan fingerprint density at radius 2 is 1.54 bits per heavy atom. The molecule has 0 bridgehead atoms. The summed E-state index contributed by atoms with van der Waals surface area (Å²) in [4.78, 5) is 23.2. The third-order valence-electron chi connectivity index (χ3n) is 3.58. The van der Waals surface area contributed by atoms with Crippen molar-refractivity contribution in [2.45, 2.75) is 58.5 Å². The highest BCUT2D eigenvalue weighted by molar-refractivity contribution is 5.72. The minimum atomic E-state index is -0.304. The Hall–Kier alpha value is -2.04. The van der Waals surface area contributed by atoms with Crippen LogP contribution in [0.1, 0.15) is 57.4 Å². The van der Waals surface area contributed by atoms with E-state index in [1.54, 1.807) is 7.11 Å². The topological polar surface area (TPSA) is 61.8 Å². The lowest BCUT2D eigenvalue weighted by atomic mass is 10.2. The highest BCUT2D eigenvalue weighted by atomic mass is 16.5. The van der Waals surface area contributed by atoms with Crippen molar-refractivity contribution in [1.82, 2.24) is 0 Å². The average molecular weight is 336 g/mol. The number of ether oxygens (including phenoxy) is 3. The van der Waals surface area contributed by atoms with Gasteiger partial charge in [-0.1, -0.05) is 38.3 Å². The van der Waals surface area contributed by atoms with Gasteiger partial charge in [-0.05, 0) is 30.5 Å². The molecule has 24 heavy (non-hydrogen) atoms. The van der Waals surface area contributed by atoms with Gasteiger partial charge in [0.25, 0.3) is 0 Å². The number of hydrogen-bond acceptors (Lipinski definition) is 5. The molecule has 1 aromatic rings. The maximum absolute atomic E-state index is 11.7. The molecule has 0 aliphatic carbocycles. The molecule has 0 N–H and O–H groups in total. The molecular weight excluding hydrogens is 308 g/mol. The summed E-state index contributed by atoms with van der Waals surface area (Å²) in [5, 5.41) is 0. The molecule has 1 aromatic carbocycles. The molecule has 0 saturated carbocycles. The van der Waals surface area contributed by atoms with Crippen LogP contribution in [0.3, 0.4) is 0 Å². The third-order valence-corrected chi connectivity index (χ3v) is 3.58. The molecule has 0 saturated heterocycles. The van der Waals surface area contributed by atoms with Gasteiger partial charge >= 0.3 is 11.9 Å². The number of carbonyl (C=O) groups excluding carboxylic acids is 2. The van der Waals surface area contributed by atoms with Crippen molar-refractivity contribution in [2.24, 2.45) is 0 Å². The predicted octanol–water partition coefficient (Wildman–Crippen LogP) is 4.03. The largest absolute Gasteiger partial charge is 0.497 e. The first-order chi connectivity index (χ1) is 11.7. The number of carbonyl (C=O) groups is 2. The van der Waals surface area contributed by atoms with Crippen molar-refractivity contribution < 1.29 is 23.8 Å². The summed E-state index contributed by atoms with van der Waals surface area (Å²) in [7, 11) is 1.60. The number of methoxy groups -OCH3 is 1. The molecule has 0 fully saturated rings. The molecule has 0 aliphatic heterocycles. The van der Waals surface area contributed by atoms with Crippen molar-refractivity contribution in [2.75, 3.05) is 13.7 Å².